The largest absolute Gasteiger partial charge is 0.379 e. The standard InChI is InChI=1S/C20H24BrFN6O2/c1-26-18(21)16-17(25-26)19(29)24-20(23-16)28(13-14-3-5-15(22)6-4-14)8-2-7-27-9-11-30-12-10-27/h3-6H,2,7-13H2,1H3,(H,23,24,29). The van der Waals surface area contributed by atoms with Crippen LogP contribution in [-0.2, 0) is 18.3 Å². The van der Waals surface area contributed by atoms with Gasteiger partial charge in [0.1, 0.15) is 15.9 Å². The number of morpholine rings is 1. The summed E-state index contributed by atoms with van der Waals surface area (Å²) in [5.41, 5.74) is 1.47. The molecular weight excluding hydrogens is 455 g/mol. The fraction of sp³-hybridized carbons (Fsp3) is 0.450. The summed E-state index contributed by atoms with van der Waals surface area (Å²) in [6.07, 6.45) is 0.900. The van der Waals surface area contributed by atoms with E-state index in [4.69, 9.17) is 4.74 Å². The predicted octanol–water partition coefficient (Wildman–Crippen LogP) is 2.29. The molecule has 10 heteroatoms. The topological polar surface area (TPSA) is 79.3 Å². The highest BCUT2D eigenvalue weighted by Crippen LogP contribution is 2.21. The molecule has 0 amide bonds. The number of nitrogens with one attached hydrogen (secondary N) is 1. The maximum atomic E-state index is 13.3. The lowest BCUT2D eigenvalue weighted by molar-refractivity contribution is 0.0376. The Morgan fingerprint density at radius 3 is 2.70 bits per heavy atom. The van der Waals surface area contributed by atoms with E-state index in [1.165, 1.54) is 12.1 Å². The van der Waals surface area contributed by atoms with E-state index in [1.54, 1.807) is 23.9 Å². The van der Waals surface area contributed by atoms with Crippen molar-refractivity contribution in [2.45, 2.75) is 13.0 Å². The molecule has 0 bridgehead atoms. The van der Waals surface area contributed by atoms with Crippen molar-refractivity contribution in [3.63, 3.8) is 0 Å². The second-order valence-electron chi connectivity index (χ2n) is 7.36. The number of anilines is 1. The molecule has 30 heavy (non-hydrogen) atoms. The quantitative estimate of drug-likeness (QED) is 0.561. The average Bonchev–Trinajstić information content (AvgIpc) is 3.04. The van der Waals surface area contributed by atoms with E-state index in [1.807, 2.05) is 4.90 Å². The van der Waals surface area contributed by atoms with Crippen LogP contribution in [0.2, 0.25) is 0 Å². The lowest BCUT2D eigenvalue weighted by atomic mass is 10.2. The average molecular weight is 479 g/mol. The smallest absolute Gasteiger partial charge is 0.280 e. The Morgan fingerprint density at radius 1 is 1.23 bits per heavy atom. The minimum Gasteiger partial charge on any atom is -0.379 e. The van der Waals surface area contributed by atoms with Gasteiger partial charge in [0.15, 0.2) is 5.52 Å². The Hall–Kier alpha value is -2.30. The van der Waals surface area contributed by atoms with Crippen molar-refractivity contribution in [3.8, 4) is 0 Å². The van der Waals surface area contributed by atoms with Crippen LogP contribution in [0.25, 0.3) is 11.0 Å². The van der Waals surface area contributed by atoms with Crippen molar-refractivity contribution in [2.75, 3.05) is 44.3 Å². The zero-order valence-electron chi connectivity index (χ0n) is 16.8. The van der Waals surface area contributed by atoms with Crippen LogP contribution >= 0.6 is 15.9 Å². The number of ether oxygens (including phenoxy) is 1. The molecule has 1 N–H and O–H groups in total. The van der Waals surface area contributed by atoms with Gasteiger partial charge in [-0.05, 0) is 40.0 Å². The van der Waals surface area contributed by atoms with E-state index >= 15 is 0 Å². The zero-order chi connectivity index (χ0) is 21.1. The Balaban J connectivity index is 1.58. The normalized spacial score (nSPS) is 15.0. The van der Waals surface area contributed by atoms with Gasteiger partial charge in [-0.15, -0.1) is 0 Å². The first kappa shape index (κ1) is 21.0. The number of H-pyrrole nitrogens is 1. The van der Waals surface area contributed by atoms with Gasteiger partial charge in [-0.1, -0.05) is 12.1 Å². The minimum absolute atomic E-state index is 0.273. The molecule has 0 aliphatic carbocycles. The molecule has 1 aliphatic rings. The maximum Gasteiger partial charge on any atom is 0.280 e. The summed E-state index contributed by atoms with van der Waals surface area (Å²) in [5.74, 6) is 0.206. The predicted molar refractivity (Wildman–Crippen MR) is 116 cm³/mol. The molecule has 1 saturated heterocycles. The van der Waals surface area contributed by atoms with E-state index < -0.39 is 0 Å². The Labute approximate surface area is 181 Å². The van der Waals surface area contributed by atoms with E-state index in [2.05, 4.69) is 35.9 Å². The molecule has 0 atom stereocenters. The van der Waals surface area contributed by atoms with Crippen LogP contribution < -0.4 is 10.5 Å². The van der Waals surface area contributed by atoms with E-state index in [-0.39, 0.29) is 11.4 Å². The van der Waals surface area contributed by atoms with E-state index in [0.717, 1.165) is 44.8 Å². The fourth-order valence-electron chi connectivity index (χ4n) is 3.57. The van der Waals surface area contributed by atoms with Crippen LogP contribution in [0.15, 0.2) is 33.7 Å². The van der Waals surface area contributed by atoms with Crippen LogP contribution in [-0.4, -0.2) is 64.0 Å². The lowest BCUT2D eigenvalue weighted by Gasteiger charge is -2.28. The van der Waals surface area contributed by atoms with E-state index in [9.17, 15) is 9.18 Å². The number of benzene rings is 1. The van der Waals surface area contributed by atoms with Gasteiger partial charge in [0.25, 0.3) is 5.56 Å². The van der Waals surface area contributed by atoms with Gasteiger partial charge in [0.2, 0.25) is 5.95 Å². The molecule has 1 aromatic carbocycles. The molecule has 2 aromatic heterocycles. The highest BCUT2D eigenvalue weighted by molar-refractivity contribution is 9.10. The maximum absolute atomic E-state index is 13.3. The third-order valence-corrected chi connectivity index (χ3v) is 6.09. The van der Waals surface area contributed by atoms with Crippen molar-refractivity contribution >= 4 is 32.9 Å². The van der Waals surface area contributed by atoms with Gasteiger partial charge in [0, 0.05) is 39.8 Å². The number of nitrogens with zero attached hydrogens (tertiary/aromatic N) is 5. The van der Waals surface area contributed by atoms with Crippen molar-refractivity contribution in [1.82, 2.24) is 24.6 Å². The second-order valence-corrected chi connectivity index (χ2v) is 8.11. The summed E-state index contributed by atoms with van der Waals surface area (Å²) in [5, 5.41) is 4.21. The SMILES string of the molecule is Cn1nc2c(=O)[nH]c(N(CCCN3CCOCC3)Cc3ccc(F)cc3)nc2c1Br. The first-order valence-electron chi connectivity index (χ1n) is 9.93. The molecule has 3 heterocycles. The third kappa shape index (κ3) is 4.71. The highest BCUT2D eigenvalue weighted by Gasteiger charge is 2.18. The summed E-state index contributed by atoms with van der Waals surface area (Å²) >= 11 is 3.45. The van der Waals surface area contributed by atoms with Crippen LogP contribution in [0, 0.1) is 5.82 Å². The number of aromatic nitrogens is 4. The zero-order valence-corrected chi connectivity index (χ0v) is 18.4. The Kier molecular flexibility index (Phi) is 6.45. The molecule has 0 saturated carbocycles. The van der Waals surface area contributed by atoms with Crippen molar-refractivity contribution in [2.24, 2.45) is 7.05 Å². The summed E-state index contributed by atoms with van der Waals surface area (Å²) in [6, 6.07) is 6.39. The molecule has 160 valence electrons. The number of hydrogen-bond donors (Lipinski definition) is 1. The number of hydrogen-bond acceptors (Lipinski definition) is 6. The number of aromatic amines is 1. The third-order valence-electron chi connectivity index (χ3n) is 5.20. The lowest BCUT2D eigenvalue weighted by Crippen LogP contribution is -2.38. The first-order valence-corrected chi connectivity index (χ1v) is 10.7. The highest BCUT2D eigenvalue weighted by atomic mass is 79.9. The molecule has 1 aliphatic heterocycles. The number of halogens is 2. The summed E-state index contributed by atoms with van der Waals surface area (Å²) in [4.78, 5) is 24.5. The van der Waals surface area contributed by atoms with E-state index in [0.29, 0.717) is 34.7 Å². The van der Waals surface area contributed by atoms with Gasteiger partial charge in [-0.3, -0.25) is 19.4 Å². The molecule has 3 aromatic rings. The summed E-state index contributed by atoms with van der Waals surface area (Å²) < 4.78 is 21.0. The monoisotopic (exact) mass is 478 g/mol. The number of aryl methyl sites for hydroxylation is 1. The van der Waals surface area contributed by atoms with Crippen LogP contribution in [0.4, 0.5) is 10.3 Å². The second kappa shape index (κ2) is 9.23. The van der Waals surface area contributed by atoms with Gasteiger partial charge < -0.3 is 9.64 Å². The summed E-state index contributed by atoms with van der Waals surface area (Å²) in [7, 11) is 1.75. The Bertz CT molecular complexity index is 1060. The Morgan fingerprint density at radius 2 is 1.97 bits per heavy atom. The first-order chi connectivity index (χ1) is 14.5. The number of rotatable bonds is 7. The van der Waals surface area contributed by atoms with Crippen molar-refractivity contribution < 1.29 is 9.13 Å². The molecular formula is C20H24BrFN6O2. The molecule has 0 radical (unpaired) electrons. The summed E-state index contributed by atoms with van der Waals surface area (Å²) in [6.45, 7) is 5.53. The molecule has 0 unspecified atom stereocenters. The van der Waals surface area contributed by atoms with Crippen LogP contribution in [0.5, 0.6) is 0 Å². The molecule has 1 fully saturated rings. The molecule has 4 rings (SSSR count). The van der Waals surface area contributed by atoms with Gasteiger partial charge in [-0.25, -0.2) is 9.37 Å². The van der Waals surface area contributed by atoms with Gasteiger partial charge >= 0.3 is 0 Å². The van der Waals surface area contributed by atoms with Crippen LogP contribution in [0.3, 0.4) is 0 Å². The number of fused-ring (bicyclic) bond motifs is 1. The van der Waals surface area contributed by atoms with Crippen LogP contribution in [0.1, 0.15) is 12.0 Å². The van der Waals surface area contributed by atoms with Gasteiger partial charge in [0.05, 0.1) is 13.2 Å². The fourth-order valence-corrected chi connectivity index (χ4v) is 3.92. The molecule has 0 spiro atoms. The molecule has 8 nitrogen and oxygen atoms in total. The van der Waals surface area contributed by atoms with Crippen molar-refractivity contribution in [3.05, 3.63) is 50.6 Å². The van der Waals surface area contributed by atoms with Crippen molar-refractivity contribution in [1.29, 1.82) is 0 Å². The minimum atomic E-state index is -0.284. The van der Waals surface area contributed by atoms with Gasteiger partial charge in [-0.2, -0.15) is 5.10 Å².